The van der Waals surface area contributed by atoms with Crippen LogP contribution in [0.2, 0.25) is 0 Å². The normalized spacial score (nSPS) is 18.7. The van der Waals surface area contributed by atoms with E-state index in [-0.39, 0.29) is 12.8 Å². The molecule has 3 unspecified atom stereocenters. The number of halogens is 21. The van der Waals surface area contributed by atoms with Crippen LogP contribution in [0.4, 0.5) is 92.2 Å². The standard InChI is InChI=1S/C6H13O.3C4H2F7.Sn/c1-2-3-4-5-6-7;3*5-1-3(8,9)4(10,11)2(6)7;/h2-6H2,1H3;3*1-2H;/q-1;;;;+1. The Bertz CT molecular complexity index is 725. The van der Waals surface area contributed by atoms with Gasteiger partial charge >= 0.3 is 221 Å². The molecule has 0 saturated carbocycles. The Labute approximate surface area is 221 Å². The molecule has 0 spiro atoms. The van der Waals surface area contributed by atoms with Gasteiger partial charge in [0.2, 0.25) is 0 Å². The van der Waals surface area contributed by atoms with Crippen molar-refractivity contribution in [1.82, 2.24) is 0 Å². The van der Waals surface area contributed by atoms with Gasteiger partial charge in [0, 0.05) is 0 Å². The van der Waals surface area contributed by atoms with Gasteiger partial charge in [-0.25, -0.2) is 0 Å². The van der Waals surface area contributed by atoms with Gasteiger partial charge in [-0.3, -0.25) is 0 Å². The average molecular weight is 769 g/mol. The van der Waals surface area contributed by atoms with E-state index >= 15 is 13.2 Å². The second-order valence-corrected chi connectivity index (χ2v) is 18.5. The number of hydrogen-bond acceptors (Lipinski definition) is 1. The van der Waals surface area contributed by atoms with Crippen LogP contribution >= 0.6 is 0 Å². The van der Waals surface area contributed by atoms with Crippen LogP contribution in [0.15, 0.2) is 0 Å². The van der Waals surface area contributed by atoms with E-state index in [9.17, 15) is 79.0 Å². The van der Waals surface area contributed by atoms with Gasteiger partial charge in [-0.05, 0) is 0 Å². The molecule has 0 amide bonds. The molecule has 0 aromatic rings. The SMILES string of the molecule is CCCCCC[O][Sn]([CH](F)C(F)(F)C(F)(F)C(F)F)([CH](F)C(F)(F)C(F)(F)C(F)F)[CH](F)C(F)(F)C(F)(F)C(F)F. The summed E-state index contributed by atoms with van der Waals surface area (Å²) >= 11 is -10.4. The van der Waals surface area contributed by atoms with Crippen molar-refractivity contribution in [3.05, 3.63) is 0 Å². The maximum absolute atomic E-state index is 15.1. The Morgan fingerprint density at radius 1 is 0.439 bits per heavy atom. The molecule has 0 N–H and O–H groups in total. The predicted octanol–water partition coefficient (Wildman–Crippen LogP) is 8.77. The zero-order chi connectivity index (χ0) is 33.2. The second kappa shape index (κ2) is 13.5. The number of rotatable bonds is 18. The maximum atomic E-state index is 15.1. The molecule has 0 saturated heterocycles. The second-order valence-electron chi connectivity index (χ2n) is 8.49. The molecule has 0 radical (unpaired) electrons. The van der Waals surface area contributed by atoms with Crippen molar-refractivity contribution in [2.24, 2.45) is 0 Å². The molecule has 0 aliphatic carbocycles. The monoisotopic (exact) mass is 770 g/mol. The predicted molar refractivity (Wildman–Crippen MR) is 98.2 cm³/mol. The van der Waals surface area contributed by atoms with E-state index in [1.54, 1.807) is 0 Å². The Balaban J connectivity index is 7.85. The van der Waals surface area contributed by atoms with Crippen LogP contribution in [-0.2, 0) is 3.07 Å². The topological polar surface area (TPSA) is 9.23 Å². The first-order valence-corrected chi connectivity index (χ1v) is 16.9. The summed E-state index contributed by atoms with van der Waals surface area (Å²) in [6.45, 7) is -0.690. The first kappa shape index (κ1) is 40.3. The Morgan fingerprint density at radius 3 is 0.927 bits per heavy atom. The number of unbranched alkanes of at least 4 members (excludes halogenated alkanes) is 3. The van der Waals surface area contributed by atoms with Crippen LogP contribution in [-0.4, -0.2) is 92.8 Å². The summed E-state index contributed by atoms with van der Waals surface area (Å²) in [6, 6.07) is 0. The Hall–Kier alpha value is -0.711. The van der Waals surface area contributed by atoms with Gasteiger partial charge in [0.1, 0.15) is 0 Å². The van der Waals surface area contributed by atoms with Crippen molar-refractivity contribution in [1.29, 1.82) is 0 Å². The average Bonchev–Trinajstić information content (AvgIpc) is 2.84. The third-order valence-corrected chi connectivity index (χ3v) is 17.5. The van der Waals surface area contributed by atoms with E-state index in [0.29, 0.717) is 0 Å². The molecule has 0 aliphatic rings. The summed E-state index contributed by atoms with van der Waals surface area (Å²) in [5.41, 5.74) is 0. The summed E-state index contributed by atoms with van der Waals surface area (Å²) < 4.78 is 272. The summed E-state index contributed by atoms with van der Waals surface area (Å²) in [6.07, 6.45) is -19.0. The quantitative estimate of drug-likeness (QED) is 0.0771. The molecule has 0 aromatic heterocycles. The molecule has 41 heavy (non-hydrogen) atoms. The van der Waals surface area contributed by atoms with Gasteiger partial charge in [-0.1, -0.05) is 0 Å². The summed E-state index contributed by atoms with van der Waals surface area (Å²) in [4.78, 5) is 0. The summed E-state index contributed by atoms with van der Waals surface area (Å²) in [5.74, 6) is -44.8. The van der Waals surface area contributed by atoms with Crippen molar-refractivity contribution in [3.8, 4) is 0 Å². The van der Waals surface area contributed by atoms with Crippen molar-refractivity contribution < 1.29 is 95.3 Å². The third kappa shape index (κ3) is 7.01. The van der Waals surface area contributed by atoms with E-state index in [0.717, 1.165) is 0 Å². The Kier molecular flexibility index (Phi) is 13.3. The fourth-order valence-corrected chi connectivity index (χ4v) is 14.5. The third-order valence-electron chi connectivity index (χ3n) is 5.65. The van der Waals surface area contributed by atoms with E-state index in [4.69, 9.17) is 0 Å². The molecular formula is C18H19F21OSn. The minimum atomic E-state index is -10.4. The van der Waals surface area contributed by atoms with Gasteiger partial charge in [-0.15, -0.1) is 0 Å². The summed E-state index contributed by atoms with van der Waals surface area (Å²) in [7, 11) is 0. The fourth-order valence-electron chi connectivity index (χ4n) is 3.18. The number of alkyl halides is 21. The van der Waals surface area contributed by atoms with Crippen LogP contribution in [0.1, 0.15) is 32.6 Å². The molecule has 0 heterocycles. The molecular weight excluding hydrogens is 750 g/mol. The fraction of sp³-hybridized carbons (Fsp3) is 1.00. The van der Waals surface area contributed by atoms with E-state index in [1.165, 1.54) is 6.92 Å². The molecule has 3 atom stereocenters. The van der Waals surface area contributed by atoms with Crippen LogP contribution in [0, 0.1) is 0 Å². The molecule has 1 nitrogen and oxygen atoms in total. The molecule has 23 heteroatoms. The molecule has 0 bridgehead atoms. The first-order chi connectivity index (χ1) is 18.1. The summed E-state index contributed by atoms with van der Waals surface area (Å²) in [5, 5.41) is 0. The van der Waals surface area contributed by atoms with Gasteiger partial charge < -0.3 is 0 Å². The van der Waals surface area contributed by atoms with Gasteiger partial charge in [0.25, 0.3) is 0 Å². The zero-order valence-electron chi connectivity index (χ0n) is 19.8. The van der Waals surface area contributed by atoms with Crippen LogP contribution in [0.3, 0.4) is 0 Å². The molecule has 0 aromatic carbocycles. The van der Waals surface area contributed by atoms with E-state index in [1.807, 2.05) is 0 Å². The zero-order valence-corrected chi connectivity index (χ0v) is 22.7. The van der Waals surface area contributed by atoms with Crippen LogP contribution in [0.25, 0.3) is 0 Å². The molecule has 0 aliphatic heterocycles. The molecule has 0 rings (SSSR count). The minimum absolute atomic E-state index is 0.0676. The van der Waals surface area contributed by atoms with E-state index < -0.39 is 106 Å². The van der Waals surface area contributed by atoms with Gasteiger partial charge in [0.15, 0.2) is 0 Å². The van der Waals surface area contributed by atoms with Crippen LogP contribution in [0.5, 0.6) is 0 Å². The first-order valence-electron chi connectivity index (χ1n) is 10.8. The van der Waals surface area contributed by atoms with Crippen molar-refractivity contribution in [3.63, 3.8) is 0 Å². The van der Waals surface area contributed by atoms with Gasteiger partial charge in [-0.2, -0.15) is 0 Å². The van der Waals surface area contributed by atoms with Crippen molar-refractivity contribution >= 4 is 18.8 Å². The van der Waals surface area contributed by atoms with Gasteiger partial charge in [0.05, 0.1) is 0 Å². The van der Waals surface area contributed by atoms with Crippen LogP contribution < -0.4 is 0 Å². The number of hydrogen-bond donors (Lipinski definition) is 0. The van der Waals surface area contributed by atoms with E-state index in [2.05, 4.69) is 3.07 Å². The Morgan fingerprint density at radius 2 is 0.707 bits per heavy atom. The van der Waals surface area contributed by atoms with Crippen molar-refractivity contribution in [2.75, 3.05) is 6.61 Å². The molecule has 0 fully saturated rings. The molecule has 248 valence electrons. The van der Waals surface area contributed by atoms with Crippen molar-refractivity contribution in [2.45, 2.75) is 100.0 Å².